The molecule has 1 spiro atoms. The third-order valence-electron chi connectivity index (χ3n) is 6.10. The van der Waals surface area contributed by atoms with Crippen molar-refractivity contribution < 1.29 is 14.4 Å². The van der Waals surface area contributed by atoms with Crippen molar-refractivity contribution in [3.05, 3.63) is 34.6 Å². The Labute approximate surface area is 141 Å². The fraction of sp³-hybridized carbons (Fsp3) is 0.611. The summed E-state index contributed by atoms with van der Waals surface area (Å²) in [5.41, 5.74) is 3.64. The number of carbonyl (C=O) groups excluding carboxylic acids is 1. The molecular formula is C18H24FN3O2. The van der Waals surface area contributed by atoms with Gasteiger partial charge in [-0.2, -0.15) is 0 Å². The molecule has 0 radical (unpaired) electrons. The molecule has 1 aliphatic carbocycles. The molecule has 3 aliphatic rings. The van der Waals surface area contributed by atoms with E-state index in [-0.39, 0.29) is 23.0 Å². The fourth-order valence-electron chi connectivity index (χ4n) is 4.76. The molecule has 2 atom stereocenters. The summed E-state index contributed by atoms with van der Waals surface area (Å²) < 4.78 is 14.8. The highest BCUT2D eigenvalue weighted by atomic mass is 19.1. The predicted octanol–water partition coefficient (Wildman–Crippen LogP) is 2.05. The highest BCUT2D eigenvalue weighted by Gasteiger charge is 2.44. The van der Waals surface area contributed by atoms with E-state index in [4.69, 9.17) is 5.21 Å². The Morgan fingerprint density at radius 3 is 2.88 bits per heavy atom. The fourth-order valence-corrected chi connectivity index (χ4v) is 4.76. The maximum atomic E-state index is 14.8. The summed E-state index contributed by atoms with van der Waals surface area (Å²) in [6.45, 7) is 1.78. The molecular weight excluding hydrogens is 309 g/mol. The zero-order chi connectivity index (χ0) is 16.7. The van der Waals surface area contributed by atoms with Gasteiger partial charge >= 0.3 is 0 Å². The number of rotatable bonds is 2. The number of piperidine rings is 1. The zero-order valence-corrected chi connectivity index (χ0v) is 13.7. The Bertz CT molecular complexity index is 660. The molecule has 24 heavy (non-hydrogen) atoms. The van der Waals surface area contributed by atoms with Crippen molar-refractivity contribution in [2.75, 3.05) is 13.1 Å². The first kappa shape index (κ1) is 16.0. The second kappa shape index (κ2) is 6.10. The van der Waals surface area contributed by atoms with Crippen LogP contribution in [0.5, 0.6) is 0 Å². The second-order valence-electron chi connectivity index (χ2n) is 7.47. The van der Waals surface area contributed by atoms with Crippen LogP contribution >= 0.6 is 0 Å². The zero-order valence-electron chi connectivity index (χ0n) is 13.7. The normalized spacial score (nSPS) is 28.1. The van der Waals surface area contributed by atoms with Crippen molar-refractivity contribution in [1.82, 2.24) is 16.1 Å². The van der Waals surface area contributed by atoms with E-state index >= 15 is 0 Å². The highest BCUT2D eigenvalue weighted by molar-refractivity contribution is 5.93. The molecule has 1 unspecified atom stereocenters. The first-order valence-electron chi connectivity index (χ1n) is 8.87. The molecule has 1 aromatic rings. The monoisotopic (exact) mass is 333 g/mol. The number of carbonyl (C=O) groups is 1. The van der Waals surface area contributed by atoms with Crippen molar-refractivity contribution in [2.45, 2.75) is 50.1 Å². The van der Waals surface area contributed by atoms with E-state index in [1.807, 2.05) is 0 Å². The lowest BCUT2D eigenvalue weighted by Crippen LogP contribution is -2.57. The van der Waals surface area contributed by atoms with Crippen molar-refractivity contribution in [3.63, 3.8) is 0 Å². The summed E-state index contributed by atoms with van der Waals surface area (Å²) in [4.78, 5) is 11.6. The molecule has 1 saturated carbocycles. The number of benzene rings is 1. The van der Waals surface area contributed by atoms with Crippen LogP contribution in [0.1, 0.15) is 59.6 Å². The average molecular weight is 333 g/mol. The first-order chi connectivity index (χ1) is 11.6. The maximum Gasteiger partial charge on any atom is 0.274 e. The van der Waals surface area contributed by atoms with Crippen LogP contribution in [0.3, 0.4) is 0 Å². The maximum absolute atomic E-state index is 14.8. The lowest BCUT2D eigenvalue weighted by atomic mass is 9.66. The van der Waals surface area contributed by atoms with Crippen molar-refractivity contribution in [1.29, 1.82) is 0 Å². The molecule has 5 nitrogen and oxygen atoms in total. The van der Waals surface area contributed by atoms with Crippen LogP contribution in [0.2, 0.25) is 0 Å². The quantitative estimate of drug-likeness (QED) is 0.494. The first-order valence-corrected chi connectivity index (χ1v) is 8.87. The molecule has 2 aliphatic heterocycles. The van der Waals surface area contributed by atoms with Gasteiger partial charge in [-0.15, -0.1) is 0 Å². The van der Waals surface area contributed by atoms with Crippen LogP contribution < -0.4 is 16.1 Å². The van der Waals surface area contributed by atoms with Gasteiger partial charge < -0.3 is 10.6 Å². The molecule has 0 aromatic heterocycles. The summed E-state index contributed by atoms with van der Waals surface area (Å²) in [6.07, 6.45) is 6.55. The van der Waals surface area contributed by atoms with Gasteiger partial charge in [0.15, 0.2) is 0 Å². The molecule has 6 heteroatoms. The third-order valence-corrected chi connectivity index (χ3v) is 6.10. The van der Waals surface area contributed by atoms with E-state index in [0.29, 0.717) is 12.3 Å². The van der Waals surface area contributed by atoms with E-state index in [0.717, 1.165) is 37.1 Å². The SMILES string of the molecule is O=C(NO)c1cc(F)c2c(c1)CCNC2[C@H]1CCNC2(CCC2)C1. The minimum Gasteiger partial charge on any atom is -0.311 e. The Hall–Kier alpha value is -1.50. The van der Waals surface area contributed by atoms with Crippen molar-refractivity contribution >= 4 is 5.91 Å². The van der Waals surface area contributed by atoms with Crippen molar-refractivity contribution in [2.24, 2.45) is 5.92 Å². The van der Waals surface area contributed by atoms with Gasteiger partial charge in [0, 0.05) is 22.7 Å². The minimum absolute atomic E-state index is 0.0135. The summed E-state index contributed by atoms with van der Waals surface area (Å²) in [5, 5.41) is 16.0. The molecule has 2 fully saturated rings. The number of hydrogen-bond acceptors (Lipinski definition) is 4. The third kappa shape index (κ3) is 2.62. The van der Waals surface area contributed by atoms with Gasteiger partial charge in [0.05, 0.1) is 0 Å². The summed E-state index contributed by atoms with van der Waals surface area (Å²) in [6, 6.07) is 2.97. The average Bonchev–Trinajstić information content (AvgIpc) is 2.59. The predicted molar refractivity (Wildman–Crippen MR) is 87.4 cm³/mol. The number of halogens is 1. The summed E-state index contributed by atoms with van der Waals surface area (Å²) in [7, 11) is 0. The van der Waals surface area contributed by atoms with Gasteiger partial charge in [-0.3, -0.25) is 10.0 Å². The van der Waals surface area contributed by atoms with Gasteiger partial charge in [-0.25, -0.2) is 9.87 Å². The van der Waals surface area contributed by atoms with E-state index in [2.05, 4.69) is 10.6 Å². The standard InChI is InChI=1S/C18H24FN3O2/c19-14-9-13(17(23)22-24)8-11-2-6-20-16(15(11)14)12-3-7-21-18(10-12)4-1-5-18/h8-9,12,16,20-21,24H,1-7,10H2,(H,22,23)/t12-,16?/m0/s1. The van der Waals surface area contributed by atoms with Crippen LogP contribution in [0.25, 0.3) is 0 Å². The molecule has 2 heterocycles. The Morgan fingerprint density at radius 1 is 1.33 bits per heavy atom. The van der Waals surface area contributed by atoms with Gasteiger partial charge in [-0.05, 0) is 75.2 Å². The Morgan fingerprint density at radius 2 is 2.17 bits per heavy atom. The largest absolute Gasteiger partial charge is 0.311 e. The van der Waals surface area contributed by atoms with Gasteiger partial charge in [0.1, 0.15) is 5.82 Å². The lowest BCUT2D eigenvalue weighted by Gasteiger charge is -2.50. The Kier molecular flexibility index (Phi) is 4.06. The van der Waals surface area contributed by atoms with Gasteiger partial charge in [0.2, 0.25) is 0 Å². The van der Waals surface area contributed by atoms with E-state index < -0.39 is 5.91 Å². The van der Waals surface area contributed by atoms with E-state index in [1.54, 1.807) is 11.5 Å². The topological polar surface area (TPSA) is 73.4 Å². The summed E-state index contributed by atoms with van der Waals surface area (Å²) >= 11 is 0. The number of hydrogen-bond donors (Lipinski definition) is 4. The number of nitrogens with one attached hydrogen (secondary N) is 3. The van der Waals surface area contributed by atoms with Crippen LogP contribution in [0.15, 0.2) is 12.1 Å². The number of hydroxylamine groups is 1. The van der Waals surface area contributed by atoms with E-state index in [1.165, 1.54) is 25.3 Å². The smallest absolute Gasteiger partial charge is 0.274 e. The van der Waals surface area contributed by atoms with Crippen LogP contribution in [-0.4, -0.2) is 29.7 Å². The Balaban J connectivity index is 1.64. The van der Waals surface area contributed by atoms with Crippen LogP contribution in [-0.2, 0) is 6.42 Å². The number of fused-ring (bicyclic) bond motifs is 1. The minimum atomic E-state index is -0.665. The molecule has 0 bridgehead atoms. The summed E-state index contributed by atoms with van der Waals surface area (Å²) in [5.74, 6) is -0.593. The van der Waals surface area contributed by atoms with Gasteiger partial charge in [-0.1, -0.05) is 0 Å². The highest BCUT2D eigenvalue weighted by Crippen LogP contribution is 2.45. The molecule has 1 saturated heterocycles. The molecule has 4 rings (SSSR count). The van der Waals surface area contributed by atoms with Crippen LogP contribution in [0, 0.1) is 11.7 Å². The molecule has 130 valence electrons. The van der Waals surface area contributed by atoms with Gasteiger partial charge in [0.25, 0.3) is 5.91 Å². The molecule has 1 amide bonds. The van der Waals surface area contributed by atoms with Crippen molar-refractivity contribution in [3.8, 4) is 0 Å². The number of amides is 1. The van der Waals surface area contributed by atoms with Crippen LogP contribution in [0.4, 0.5) is 4.39 Å². The lowest BCUT2D eigenvalue weighted by molar-refractivity contribution is 0.0705. The molecule has 4 N–H and O–H groups in total. The second-order valence-corrected chi connectivity index (χ2v) is 7.47. The van der Waals surface area contributed by atoms with E-state index in [9.17, 15) is 9.18 Å². The molecule has 1 aromatic carbocycles.